The fourth-order valence-corrected chi connectivity index (χ4v) is 0.506. The van der Waals surface area contributed by atoms with Crippen molar-refractivity contribution in [3.8, 4) is 0 Å². The Hall–Kier alpha value is -2.23. The second kappa shape index (κ2) is 75.0. The van der Waals surface area contributed by atoms with Crippen LogP contribution in [0.1, 0.15) is 5.56 Å². The van der Waals surface area contributed by atoms with Gasteiger partial charge in [0.15, 0.2) is 0 Å². The smallest absolute Gasteiger partial charge is 0.545 e. The molecular weight excluding hydrogens is 292 g/mol. The van der Waals surface area contributed by atoms with Gasteiger partial charge in [0.1, 0.15) is 0 Å². The summed E-state index contributed by atoms with van der Waals surface area (Å²) in [5.74, 6) is 0. The van der Waals surface area contributed by atoms with Crippen LogP contribution < -0.4 is 0 Å². The average Bonchev–Trinajstić information content (AvgIpc) is 2.57. The molecule has 0 bridgehead atoms. The fourth-order valence-electron chi connectivity index (χ4n) is 0.506. The van der Waals surface area contributed by atoms with Crippen LogP contribution in [0, 0.1) is 0 Å². The van der Waals surface area contributed by atoms with E-state index in [1.165, 1.54) is 0 Å². The van der Waals surface area contributed by atoms with Gasteiger partial charge in [-0.25, -0.2) is 0 Å². The van der Waals surface area contributed by atoms with Crippen LogP contribution in [0.3, 0.4) is 0 Å². The molecule has 0 aromatic heterocycles. The standard InChI is InChI=1S/C7H5O.5CHO.Cr/c8-6-7-4-2-1-3-5-7;5*1-2;/h1-5H;5*1H;/q6*-1;+5. The summed E-state index contributed by atoms with van der Waals surface area (Å²) in [6.07, 6.45) is 1.78. The number of carbonyl (C=O) groups excluding carboxylic acids is 6. The van der Waals surface area contributed by atoms with Crippen molar-refractivity contribution in [1.29, 1.82) is 0 Å². The largest absolute Gasteiger partial charge is 5.00 e. The topological polar surface area (TPSA) is 102 Å². The predicted octanol–water partition coefficient (Wildman–Crippen LogP) is -0.229. The van der Waals surface area contributed by atoms with E-state index in [0.717, 1.165) is 0 Å². The minimum atomic E-state index is 0. The van der Waals surface area contributed by atoms with Gasteiger partial charge in [0, 0.05) is 0 Å². The van der Waals surface area contributed by atoms with Gasteiger partial charge in [-0.1, -0.05) is 6.07 Å². The van der Waals surface area contributed by atoms with Crippen molar-refractivity contribution in [2.24, 2.45) is 0 Å². The van der Waals surface area contributed by atoms with E-state index in [0.29, 0.717) is 5.56 Å². The molecule has 0 atom stereocenters. The molecule has 0 aliphatic carbocycles. The molecule has 0 spiro atoms. The van der Waals surface area contributed by atoms with Crippen LogP contribution in [0.15, 0.2) is 30.3 Å². The molecule has 1 rings (SSSR count). The molecule has 0 fully saturated rings. The maximum absolute atomic E-state index is 9.88. The second-order valence-electron chi connectivity index (χ2n) is 1.47. The van der Waals surface area contributed by atoms with E-state index in [1.54, 1.807) is 30.6 Å². The third-order valence-corrected chi connectivity index (χ3v) is 0.892. The second-order valence-corrected chi connectivity index (χ2v) is 1.47. The molecule has 6 nitrogen and oxygen atoms in total. The maximum Gasteiger partial charge on any atom is 5.00 e. The van der Waals surface area contributed by atoms with Gasteiger partial charge in [-0.3, -0.25) is 33.9 Å². The Morgan fingerprint density at radius 2 is 0.895 bits per heavy atom. The summed E-state index contributed by atoms with van der Waals surface area (Å²) in [5, 5.41) is 0. The first-order valence-electron chi connectivity index (χ1n) is 3.54. The summed E-state index contributed by atoms with van der Waals surface area (Å²) in [7, 11) is 0. The molecule has 0 aliphatic heterocycles. The fraction of sp³-hybridized carbons (Fsp3) is 0. The summed E-state index contributed by atoms with van der Waals surface area (Å²) in [6, 6.07) is 8.90. The van der Waals surface area contributed by atoms with Gasteiger partial charge in [0.25, 0.3) is 0 Å². The molecule has 1 aromatic rings. The van der Waals surface area contributed by atoms with Crippen molar-refractivity contribution >= 4 is 40.2 Å². The molecule has 1 radical (unpaired) electrons. The van der Waals surface area contributed by atoms with Crippen molar-refractivity contribution < 1.29 is 46.1 Å². The maximum atomic E-state index is 9.88. The molecule has 19 heavy (non-hydrogen) atoms. The number of rotatable bonds is 1. The first kappa shape index (κ1) is 36.0. The molecule has 0 unspecified atom stereocenters. The molecule has 0 N–H and O–H groups in total. The van der Waals surface area contributed by atoms with Crippen LogP contribution >= 0.6 is 0 Å². The third-order valence-electron chi connectivity index (χ3n) is 0.892. The van der Waals surface area contributed by atoms with Gasteiger partial charge in [-0.2, -0.15) is 17.7 Å². The Kier molecular flexibility index (Phi) is 142. The summed E-state index contributed by atoms with van der Waals surface area (Å²) in [4.78, 5) is 48.6. The Morgan fingerprint density at radius 3 is 1.05 bits per heavy atom. The van der Waals surface area contributed by atoms with Crippen LogP contribution in [-0.4, -0.2) is 40.2 Å². The molecule has 0 amide bonds. The first-order chi connectivity index (χ1) is 8.93. The van der Waals surface area contributed by atoms with Crippen LogP contribution in [0.25, 0.3) is 0 Å². The van der Waals surface area contributed by atoms with E-state index >= 15 is 0 Å². The number of hydrogen-bond donors (Lipinski definition) is 0. The van der Waals surface area contributed by atoms with E-state index in [4.69, 9.17) is 24.0 Å². The minimum Gasteiger partial charge on any atom is -0.545 e. The molecule has 0 heterocycles. The number of benzene rings is 1. The van der Waals surface area contributed by atoms with Crippen molar-refractivity contribution in [3.05, 3.63) is 35.9 Å². The molecule has 1 aromatic carbocycles. The van der Waals surface area contributed by atoms with Gasteiger partial charge in [-0.15, -0.1) is 12.1 Å². The zero-order valence-electron chi connectivity index (χ0n) is 9.63. The Labute approximate surface area is 122 Å². The quantitative estimate of drug-likeness (QED) is 0.524. The predicted molar refractivity (Wildman–Crippen MR) is 65.0 cm³/mol. The van der Waals surface area contributed by atoms with E-state index < -0.39 is 0 Å². The normalized spacial score (nSPS) is 4.63. The Bertz CT molecular complexity index is 234. The molecule has 7 heteroatoms. The molecule has 101 valence electrons. The van der Waals surface area contributed by atoms with E-state index in [1.807, 2.05) is 6.07 Å². The minimum absolute atomic E-state index is 0. The molecule has 0 aliphatic rings. The average molecular weight is 302 g/mol. The van der Waals surface area contributed by atoms with E-state index in [2.05, 4.69) is 33.9 Å². The van der Waals surface area contributed by atoms with Crippen molar-refractivity contribution in [1.82, 2.24) is 0 Å². The van der Waals surface area contributed by atoms with Crippen LogP contribution in [-0.2, 0) is 46.1 Å². The summed E-state index contributed by atoms with van der Waals surface area (Å²) in [6.45, 7) is 16.2. The monoisotopic (exact) mass is 302 g/mol. The number of hydrogen-bond acceptors (Lipinski definition) is 6. The Balaban J connectivity index is -0.0000000332. The van der Waals surface area contributed by atoms with Gasteiger partial charge in [0.2, 0.25) is 0 Å². The van der Waals surface area contributed by atoms with Gasteiger partial charge < -0.3 is 28.8 Å². The Morgan fingerprint density at radius 1 is 0.632 bits per heavy atom. The zero-order chi connectivity index (χ0) is 15.8. The van der Waals surface area contributed by atoms with Crippen LogP contribution in [0.2, 0.25) is 0 Å². The SMILES string of the molecule is O=[C-]c1ccccc1.[CH-]=O.[CH-]=O.[CH-]=O.[CH-]=O.[CH-]=O.[Cr+5]. The summed E-state index contributed by atoms with van der Waals surface area (Å²) < 4.78 is 0. The van der Waals surface area contributed by atoms with Crippen LogP contribution in [0.5, 0.6) is 0 Å². The molecule has 0 saturated carbocycles. The van der Waals surface area contributed by atoms with E-state index in [9.17, 15) is 4.79 Å². The summed E-state index contributed by atoms with van der Waals surface area (Å²) >= 11 is 0. The molecular formula is C12H10CrO6-. The van der Waals surface area contributed by atoms with Crippen molar-refractivity contribution in [2.75, 3.05) is 0 Å². The van der Waals surface area contributed by atoms with Crippen LogP contribution in [0.4, 0.5) is 0 Å². The zero-order valence-corrected chi connectivity index (χ0v) is 10.9. The van der Waals surface area contributed by atoms with Gasteiger partial charge >= 0.3 is 17.4 Å². The van der Waals surface area contributed by atoms with Crippen molar-refractivity contribution in [3.63, 3.8) is 0 Å². The third kappa shape index (κ3) is 49.5. The first-order valence-corrected chi connectivity index (χ1v) is 3.54. The van der Waals surface area contributed by atoms with Gasteiger partial charge in [-0.05, 0) is 0 Å². The summed E-state index contributed by atoms with van der Waals surface area (Å²) in [5.41, 5.74) is 0.604. The van der Waals surface area contributed by atoms with E-state index in [-0.39, 0.29) is 17.4 Å². The molecule has 0 saturated heterocycles. The van der Waals surface area contributed by atoms with Gasteiger partial charge in [0.05, 0.1) is 6.29 Å². The van der Waals surface area contributed by atoms with Crippen molar-refractivity contribution in [2.45, 2.75) is 0 Å².